The molecule has 0 amide bonds. The van der Waals surface area contributed by atoms with Gasteiger partial charge in [-0.2, -0.15) is 21.6 Å². The normalized spacial score (nSPS) is 12.2. The van der Waals surface area contributed by atoms with Crippen molar-refractivity contribution in [3.63, 3.8) is 0 Å². The third-order valence-corrected chi connectivity index (χ3v) is 9.77. The maximum Gasteiger partial charge on any atom is 0.426 e. The molecule has 0 aliphatic heterocycles. The highest BCUT2D eigenvalue weighted by Crippen LogP contribution is 2.33. The summed E-state index contributed by atoms with van der Waals surface area (Å²) in [5, 5.41) is 23.2. The van der Waals surface area contributed by atoms with E-state index in [-0.39, 0.29) is 5.56 Å². The van der Waals surface area contributed by atoms with Crippen molar-refractivity contribution in [2.24, 2.45) is 0 Å². The maximum atomic E-state index is 13.1. The van der Waals surface area contributed by atoms with Gasteiger partial charge in [0.1, 0.15) is 5.75 Å². The van der Waals surface area contributed by atoms with Crippen LogP contribution in [0.15, 0.2) is 48.5 Å². The van der Waals surface area contributed by atoms with E-state index in [1.54, 1.807) is 6.07 Å². The van der Waals surface area contributed by atoms with Crippen LogP contribution in [-0.2, 0) is 14.9 Å². The van der Waals surface area contributed by atoms with Crippen molar-refractivity contribution in [3.05, 3.63) is 96.2 Å². The first kappa shape index (κ1) is 37.2. The summed E-state index contributed by atoms with van der Waals surface area (Å²) in [6.45, 7) is 0. The molecule has 3 aromatic rings. The van der Waals surface area contributed by atoms with E-state index in [1.807, 2.05) is 67.8 Å². The summed E-state index contributed by atoms with van der Waals surface area (Å²) in [5.74, 6) is -7.80. The van der Waals surface area contributed by atoms with Crippen molar-refractivity contribution in [1.82, 2.24) is 0 Å². The highest BCUT2D eigenvalue weighted by molar-refractivity contribution is 14.1. The molecule has 0 aliphatic carbocycles. The Balaban J connectivity index is 1.91. The van der Waals surface area contributed by atoms with Crippen molar-refractivity contribution >= 4 is 107 Å². The number of hydrogen-bond acceptors (Lipinski definition) is 12. The number of carbonyl (C=O) groups is 3. The Bertz CT molecular complexity index is 1890. The molecule has 0 radical (unpaired) electrons. The summed E-state index contributed by atoms with van der Waals surface area (Å²) in [6, 6.07) is 7.37. The lowest BCUT2D eigenvalue weighted by Gasteiger charge is -2.19. The van der Waals surface area contributed by atoms with E-state index in [9.17, 15) is 56.2 Å². The molecule has 0 bridgehead atoms. The van der Waals surface area contributed by atoms with E-state index in [2.05, 4.69) is 4.74 Å². The standard InChI is InChI=1S/C24H12F3I3N2O13S/c25-24(26,27)19(9-46(40,41)42)45-22(34)10-2-4-17(16(5-10)32(38)39)43-21(33)11-1-3-15(31(36)37)18(6-11)44-23(35)13-7-12(28)8-14(29)20(13)30/h1-8,19H,9H2,(H,40,41,42). The van der Waals surface area contributed by atoms with Crippen molar-refractivity contribution in [2.45, 2.75) is 12.3 Å². The number of nitro benzene ring substituents is 2. The van der Waals surface area contributed by atoms with Gasteiger partial charge in [0.05, 0.1) is 26.5 Å². The minimum absolute atomic E-state index is 0.0629. The van der Waals surface area contributed by atoms with Crippen LogP contribution in [0.25, 0.3) is 0 Å². The number of rotatable bonds is 10. The van der Waals surface area contributed by atoms with Crippen LogP contribution >= 0.6 is 67.8 Å². The van der Waals surface area contributed by atoms with E-state index in [4.69, 9.17) is 14.0 Å². The van der Waals surface area contributed by atoms with Crippen LogP contribution < -0.4 is 9.47 Å². The van der Waals surface area contributed by atoms with Crippen molar-refractivity contribution in [1.29, 1.82) is 0 Å². The fraction of sp³-hybridized carbons (Fsp3) is 0.125. The van der Waals surface area contributed by atoms with Crippen molar-refractivity contribution in [3.8, 4) is 11.5 Å². The Kier molecular flexibility index (Phi) is 11.9. The van der Waals surface area contributed by atoms with Crippen LogP contribution in [0.4, 0.5) is 24.5 Å². The Morgan fingerprint density at radius 3 is 1.96 bits per heavy atom. The average Bonchev–Trinajstić information content (AvgIpc) is 2.93. The first-order valence-corrected chi connectivity index (χ1v) is 16.4. The second-order valence-corrected chi connectivity index (χ2v) is 13.6. The van der Waals surface area contributed by atoms with Gasteiger partial charge in [-0.05, 0) is 98.1 Å². The highest BCUT2D eigenvalue weighted by Gasteiger charge is 2.45. The van der Waals surface area contributed by atoms with Crippen LogP contribution in [0.2, 0.25) is 0 Å². The topological polar surface area (TPSA) is 220 Å². The van der Waals surface area contributed by atoms with Gasteiger partial charge in [0.2, 0.25) is 17.6 Å². The summed E-state index contributed by atoms with van der Waals surface area (Å²) in [4.78, 5) is 59.1. The molecule has 244 valence electrons. The summed E-state index contributed by atoms with van der Waals surface area (Å²) < 4.78 is 86.0. The van der Waals surface area contributed by atoms with E-state index in [0.29, 0.717) is 28.9 Å². The van der Waals surface area contributed by atoms with Gasteiger partial charge >= 0.3 is 35.5 Å². The van der Waals surface area contributed by atoms with Crippen LogP contribution in [0.1, 0.15) is 31.1 Å². The minimum atomic E-state index is -5.44. The molecule has 0 saturated heterocycles. The number of nitrogens with zero attached hydrogens (tertiary/aromatic N) is 2. The molecule has 1 N–H and O–H groups in total. The molecular weight excluding hydrogens is 994 g/mol. The van der Waals surface area contributed by atoms with Gasteiger partial charge in [0, 0.05) is 28.9 Å². The van der Waals surface area contributed by atoms with Gasteiger partial charge in [0.25, 0.3) is 10.1 Å². The van der Waals surface area contributed by atoms with Crippen LogP contribution in [0.3, 0.4) is 0 Å². The van der Waals surface area contributed by atoms with Gasteiger partial charge in [-0.1, -0.05) is 0 Å². The van der Waals surface area contributed by atoms with Gasteiger partial charge in [-0.15, -0.1) is 0 Å². The molecule has 15 nitrogen and oxygen atoms in total. The number of halogens is 6. The predicted molar refractivity (Wildman–Crippen MR) is 172 cm³/mol. The molecule has 22 heteroatoms. The lowest BCUT2D eigenvalue weighted by atomic mass is 10.1. The van der Waals surface area contributed by atoms with E-state index < -0.39 is 89.9 Å². The van der Waals surface area contributed by atoms with Crippen LogP contribution in [0.5, 0.6) is 11.5 Å². The first-order valence-electron chi connectivity index (χ1n) is 11.6. The predicted octanol–water partition coefficient (Wildman–Crippen LogP) is 5.73. The van der Waals surface area contributed by atoms with Crippen LogP contribution in [0, 0.1) is 30.9 Å². The Labute approximate surface area is 295 Å². The monoisotopic (exact) mass is 1010 g/mol. The summed E-state index contributed by atoms with van der Waals surface area (Å²) in [6.07, 6.45) is -8.77. The molecule has 3 rings (SSSR count). The summed E-state index contributed by atoms with van der Waals surface area (Å²) >= 11 is 5.78. The number of ether oxygens (including phenoxy) is 3. The van der Waals surface area contributed by atoms with Gasteiger partial charge < -0.3 is 14.2 Å². The molecule has 46 heavy (non-hydrogen) atoms. The van der Waals surface area contributed by atoms with Gasteiger partial charge in [-0.3, -0.25) is 24.8 Å². The molecule has 0 saturated carbocycles. The minimum Gasteiger partial charge on any atom is -0.448 e. The lowest BCUT2D eigenvalue weighted by Crippen LogP contribution is -2.39. The molecule has 3 aromatic carbocycles. The van der Waals surface area contributed by atoms with Crippen molar-refractivity contribution < 1.29 is 64.6 Å². The summed E-state index contributed by atoms with van der Waals surface area (Å²) in [7, 11) is -5.27. The average molecular weight is 1010 g/mol. The highest BCUT2D eigenvalue weighted by atomic mass is 127. The zero-order valence-electron chi connectivity index (χ0n) is 21.8. The number of alkyl halides is 3. The molecule has 0 fully saturated rings. The van der Waals surface area contributed by atoms with E-state index in [1.165, 1.54) is 6.07 Å². The van der Waals surface area contributed by atoms with Crippen molar-refractivity contribution in [2.75, 3.05) is 5.75 Å². The Morgan fingerprint density at radius 1 is 0.826 bits per heavy atom. The maximum absolute atomic E-state index is 13.1. The van der Waals surface area contributed by atoms with Gasteiger partial charge in [-0.25, -0.2) is 14.4 Å². The number of esters is 3. The number of benzene rings is 3. The fourth-order valence-corrected chi connectivity index (χ4v) is 6.36. The zero-order chi connectivity index (χ0) is 34.7. The number of nitro groups is 2. The van der Waals surface area contributed by atoms with E-state index >= 15 is 0 Å². The van der Waals surface area contributed by atoms with E-state index in [0.717, 1.165) is 18.2 Å². The Morgan fingerprint density at radius 2 is 1.39 bits per heavy atom. The molecular formula is C24H12F3I3N2O13S. The molecule has 1 unspecified atom stereocenters. The van der Waals surface area contributed by atoms with Gasteiger partial charge in [0.15, 0.2) is 0 Å². The molecule has 1 atom stereocenters. The fourth-order valence-electron chi connectivity index (χ4n) is 3.35. The lowest BCUT2D eigenvalue weighted by molar-refractivity contribution is -0.385. The summed E-state index contributed by atoms with van der Waals surface area (Å²) in [5.41, 5.74) is -3.16. The largest absolute Gasteiger partial charge is 0.448 e. The number of carbonyl (C=O) groups excluding carboxylic acids is 3. The Hall–Kier alpha value is -3.24. The second-order valence-electron chi connectivity index (χ2n) is 8.59. The third kappa shape index (κ3) is 9.64. The van der Waals surface area contributed by atoms with Crippen LogP contribution in [-0.4, -0.2) is 58.8 Å². The molecule has 0 heterocycles. The third-order valence-electron chi connectivity index (χ3n) is 5.38. The zero-order valence-corrected chi connectivity index (χ0v) is 29.1. The smallest absolute Gasteiger partial charge is 0.426 e. The molecule has 0 aromatic heterocycles. The number of hydrogen-bond donors (Lipinski definition) is 1. The second kappa shape index (κ2) is 14.7. The first-order chi connectivity index (χ1) is 21.2. The molecule has 0 aliphatic rings. The SMILES string of the molecule is O=C(Oc1ccc(C(=O)OC(CS(=O)(=O)O)C(F)(F)F)cc1[N+](=O)[O-])c1ccc([N+](=O)[O-])c(OC(=O)c2cc(I)cc(I)c2I)c1. The molecule has 0 spiro atoms. The quantitative estimate of drug-likeness (QED) is 0.0489.